The lowest BCUT2D eigenvalue weighted by Gasteiger charge is -2.21. The van der Waals surface area contributed by atoms with Crippen molar-refractivity contribution in [3.8, 4) is 5.75 Å². The minimum atomic E-state index is -0.555. The quantitative estimate of drug-likeness (QED) is 0.834. The third-order valence-corrected chi connectivity index (χ3v) is 2.47. The van der Waals surface area contributed by atoms with Crippen LogP contribution < -0.4 is 10.5 Å². The van der Waals surface area contributed by atoms with Gasteiger partial charge < -0.3 is 10.5 Å². The van der Waals surface area contributed by atoms with E-state index in [4.69, 9.17) is 10.5 Å². The number of hydrogen-bond acceptors (Lipinski definition) is 2. The summed E-state index contributed by atoms with van der Waals surface area (Å²) >= 11 is 0. The molecular weight excluding hydrogens is 193 g/mol. The van der Waals surface area contributed by atoms with Crippen molar-refractivity contribution in [2.45, 2.75) is 32.7 Å². The molecule has 1 aromatic rings. The van der Waals surface area contributed by atoms with E-state index in [1.807, 2.05) is 26.8 Å². The second kappa shape index (κ2) is 4.19. The van der Waals surface area contributed by atoms with Gasteiger partial charge in [0.1, 0.15) is 11.6 Å². The number of rotatable bonds is 3. The van der Waals surface area contributed by atoms with Gasteiger partial charge in [0.25, 0.3) is 0 Å². The Labute approximate surface area is 90.2 Å². The molecule has 0 fully saturated rings. The molecule has 0 amide bonds. The molecule has 0 saturated heterocycles. The molecule has 0 aliphatic heterocycles. The van der Waals surface area contributed by atoms with Crippen molar-refractivity contribution < 1.29 is 9.13 Å². The summed E-state index contributed by atoms with van der Waals surface area (Å²) in [7, 11) is 1.54. The number of benzene rings is 1. The van der Waals surface area contributed by atoms with E-state index in [1.165, 1.54) is 6.07 Å². The lowest BCUT2D eigenvalue weighted by Crippen LogP contribution is -2.28. The van der Waals surface area contributed by atoms with Gasteiger partial charge in [-0.05, 0) is 38.0 Å². The van der Waals surface area contributed by atoms with Crippen LogP contribution in [-0.4, -0.2) is 7.11 Å². The van der Waals surface area contributed by atoms with Crippen molar-refractivity contribution in [2.75, 3.05) is 7.11 Å². The number of hydrogen-bond donors (Lipinski definition) is 1. The first kappa shape index (κ1) is 12.0. The Morgan fingerprint density at radius 3 is 2.40 bits per heavy atom. The molecule has 2 N–H and O–H groups in total. The van der Waals surface area contributed by atoms with Crippen molar-refractivity contribution in [1.82, 2.24) is 0 Å². The lowest BCUT2D eigenvalue weighted by molar-refractivity contribution is 0.401. The highest BCUT2D eigenvalue weighted by molar-refractivity contribution is 5.41. The molecule has 0 atom stereocenters. The van der Waals surface area contributed by atoms with E-state index in [0.717, 1.165) is 5.56 Å². The molecular formula is C12H18FNO. The molecule has 1 aromatic carbocycles. The van der Waals surface area contributed by atoms with Crippen LogP contribution in [0.25, 0.3) is 0 Å². The molecule has 0 aromatic heterocycles. The van der Waals surface area contributed by atoms with E-state index >= 15 is 0 Å². The van der Waals surface area contributed by atoms with Crippen LogP contribution in [0.1, 0.15) is 31.9 Å². The number of ether oxygens (including phenoxy) is 1. The molecule has 15 heavy (non-hydrogen) atoms. The summed E-state index contributed by atoms with van der Waals surface area (Å²) in [5.74, 6) is 0.330. The Morgan fingerprint density at radius 1 is 1.40 bits per heavy atom. The summed E-state index contributed by atoms with van der Waals surface area (Å²) in [5.41, 5.74) is 6.71. The highest BCUT2D eigenvalue weighted by Crippen LogP contribution is 2.28. The Bertz CT molecular complexity index is 355. The van der Waals surface area contributed by atoms with Crippen LogP contribution in [0.15, 0.2) is 12.1 Å². The zero-order valence-electron chi connectivity index (χ0n) is 9.73. The minimum Gasteiger partial charge on any atom is -0.496 e. The molecule has 3 heteroatoms. The van der Waals surface area contributed by atoms with E-state index in [-0.39, 0.29) is 5.82 Å². The van der Waals surface area contributed by atoms with Crippen LogP contribution in [0.4, 0.5) is 4.39 Å². The summed E-state index contributed by atoms with van der Waals surface area (Å²) in [5, 5.41) is 0. The normalized spacial score (nSPS) is 11.6. The van der Waals surface area contributed by atoms with Gasteiger partial charge in [0.15, 0.2) is 0 Å². The third-order valence-electron chi connectivity index (χ3n) is 2.47. The van der Waals surface area contributed by atoms with Gasteiger partial charge in [-0.15, -0.1) is 0 Å². The Morgan fingerprint density at radius 2 is 2.00 bits per heavy atom. The standard InChI is InChI=1S/C12H18FNO/c1-5-9-10(13)6-8(12(2,3)14)7-11(9)15-4/h6-7H,5,14H2,1-4H3. The highest BCUT2D eigenvalue weighted by Gasteiger charge is 2.19. The smallest absolute Gasteiger partial charge is 0.130 e. The summed E-state index contributed by atoms with van der Waals surface area (Å²) in [6.07, 6.45) is 0.611. The number of methoxy groups -OCH3 is 1. The molecule has 0 unspecified atom stereocenters. The maximum Gasteiger partial charge on any atom is 0.130 e. The van der Waals surface area contributed by atoms with Crippen molar-refractivity contribution in [3.63, 3.8) is 0 Å². The number of nitrogens with two attached hydrogens (primary N) is 1. The van der Waals surface area contributed by atoms with Gasteiger partial charge in [0, 0.05) is 11.1 Å². The fourth-order valence-electron chi connectivity index (χ4n) is 1.51. The second-order valence-corrected chi connectivity index (χ2v) is 4.21. The first-order chi connectivity index (χ1) is 6.90. The molecule has 0 spiro atoms. The van der Waals surface area contributed by atoms with Crippen molar-refractivity contribution >= 4 is 0 Å². The van der Waals surface area contributed by atoms with Gasteiger partial charge in [-0.25, -0.2) is 4.39 Å². The van der Waals surface area contributed by atoms with Crippen LogP contribution in [0.3, 0.4) is 0 Å². The Kier molecular flexibility index (Phi) is 3.35. The average Bonchev–Trinajstić information content (AvgIpc) is 2.15. The van der Waals surface area contributed by atoms with Gasteiger partial charge in [0.2, 0.25) is 0 Å². The van der Waals surface area contributed by atoms with Crippen LogP contribution >= 0.6 is 0 Å². The minimum absolute atomic E-state index is 0.245. The lowest BCUT2D eigenvalue weighted by atomic mass is 9.93. The fourth-order valence-corrected chi connectivity index (χ4v) is 1.51. The van der Waals surface area contributed by atoms with Gasteiger partial charge in [-0.1, -0.05) is 6.92 Å². The average molecular weight is 211 g/mol. The van der Waals surface area contributed by atoms with Crippen molar-refractivity contribution in [3.05, 3.63) is 29.1 Å². The molecule has 84 valence electrons. The molecule has 0 saturated carbocycles. The maximum absolute atomic E-state index is 13.7. The van der Waals surface area contributed by atoms with Gasteiger partial charge >= 0.3 is 0 Å². The molecule has 0 aliphatic rings. The topological polar surface area (TPSA) is 35.2 Å². The molecule has 0 radical (unpaired) electrons. The van der Waals surface area contributed by atoms with Crippen molar-refractivity contribution in [2.24, 2.45) is 5.73 Å². The molecule has 0 heterocycles. The molecule has 0 bridgehead atoms. The molecule has 0 aliphatic carbocycles. The Balaban J connectivity index is 3.32. The zero-order valence-corrected chi connectivity index (χ0v) is 9.73. The van der Waals surface area contributed by atoms with Crippen molar-refractivity contribution in [1.29, 1.82) is 0 Å². The van der Waals surface area contributed by atoms with Gasteiger partial charge in [-0.2, -0.15) is 0 Å². The van der Waals surface area contributed by atoms with E-state index in [1.54, 1.807) is 7.11 Å². The Hall–Kier alpha value is -1.09. The van der Waals surface area contributed by atoms with Gasteiger partial charge in [0.05, 0.1) is 7.11 Å². The second-order valence-electron chi connectivity index (χ2n) is 4.21. The first-order valence-corrected chi connectivity index (χ1v) is 5.06. The predicted molar refractivity (Wildman–Crippen MR) is 59.5 cm³/mol. The van der Waals surface area contributed by atoms with Gasteiger partial charge in [-0.3, -0.25) is 0 Å². The summed E-state index contributed by atoms with van der Waals surface area (Å²) in [6.45, 7) is 5.58. The summed E-state index contributed by atoms with van der Waals surface area (Å²) < 4.78 is 18.9. The zero-order chi connectivity index (χ0) is 11.6. The highest BCUT2D eigenvalue weighted by atomic mass is 19.1. The predicted octanol–water partition coefficient (Wildman–Crippen LogP) is 2.59. The first-order valence-electron chi connectivity index (χ1n) is 5.06. The molecule has 2 nitrogen and oxygen atoms in total. The summed E-state index contributed by atoms with van der Waals surface area (Å²) in [4.78, 5) is 0. The van der Waals surface area contributed by atoms with Crippen LogP contribution in [0.5, 0.6) is 5.75 Å². The third kappa shape index (κ3) is 2.48. The van der Waals surface area contributed by atoms with E-state index in [0.29, 0.717) is 17.7 Å². The van der Waals surface area contributed by atoms with Crippen LogP contribution in [0.2, 0.25) is 0 Å². The largest absolute Gasteiger partial charge is 0.496 e. The van der Waals surface area contributed by atoms with E-state index in [9.17, 15) is 4.39 Å². The molecule has 1 rings (SSSR count). The van der Waals surface area contributed by atoms with Crippen LogP contribution in [-0.2, 0) is 12.0 Å². The SMILES string of the molecule is CCc1c(F)cc(C(C)(C)N)cc1OC. The van der Waals surface area contributed by atoms with E-state index in [2.05, 4.69) is 0 Å². The van der Waals surface area contributed by atoms with Crippen LogP contribution in [0, 0.1) is 5.82 Å². The maximum atomic E-state index is 13.7. The fraction of sp³-hybridized carbons (Fsp3) is 0.500. The number of halogens is 1. The monoisotopic (exact) mass is 211 g/mol. The van der Waals surface area contributed by atoms with E-state index < -0.39 is 5.54 Å². The summed E-state index contributed by atoms with van der Waals surface area (Å²) in [6, 6.07) is 3.29.